The summed E-state index contributed by atoms with van der Waals surface area (Å²) in [6, 6.07) is 8.13. The van der Waals surface area contributed by atoms with Crippen LogP contribution < -0.4 is 9.47 Å². The number of hydrogen-bond acceptors (Lipinski definition) is 3. The molecule has 2 heterocycles. The quantitative estimate of drug-likeness (QED) is 0.759. The Morgan fingerprint density at radius 3 is 3.00 bits per heavy atom. The molecule has 1 aliphatic rings. The summed E-state index contributed by atoms with van der Waals surface area (Å²) >= 11 is 0. The molecule has 0 amide bonds. The molecular formula is C18H21NO2. The fourth-order valence-corrected chi connectivity index (χ4v) is 2.58. The van der Waals surface area contributed by atoms with E-state index in [4.69, 9.17) is 9.47 Å². The summed E-state index contributed by atoms with van der Waals surface area (Å²) in [5, 5.41) is 0. The predicted molar refractivity (Wildman–Crippen MR) is 83.6 cm³/mol. The van der Waals surface area contributed by atoms with Crippen LogP contribution >= 0.6 is 0 Å². The summed E-state index contributed by atoms with van der Waals surface area (Å²) in [5.74, 6) is 2.51. The number of benzene rings is 1. The molecule has 3 rings (SSSR count). The van der Waals surface area contributed by atoms with E-state index in [1.54, 1.807) is 0 Å². The van der Waals surface area contributed by atoms with Crippen molar-refractivity contribution in [3.05, 3.63) is 42.2 Å². The van der Waals surface area contributed by atoms with Crippen LogP contribution in [0.1, 0.15) is 32.3 Å². The van der Waals surface area contributed by atoms with Gasteiger partial charge in [0.15, 0.2) is 0 Å². The molecule has 3 nitrogen and oxygen atoms in total. The molecule has 0 spiro atoms. The van der Waals surface area contributed by atoms with E-state index in [0.29, 0.717) is 6.61 Å². The minimum absolute atomic E-state index is 0.576. The molecule has 0 aliphatic carbocycles. The van der Waals surface area contributed by atoms with Gasteiger partial charge < -0.3 is 9.47 Å². The fraction of sp³-hybridized carbons (Fsp3) is 0.389. The van der Waals surface area contributed by atoms with Crippen molar-refractivity contribution in [2.75, 3.05) is 6.61 Å². The van der Waals surface area contributed by atoms with Gasteiger partial charge in [0.05, 0.1) is 6.61 Å². The van der Waals surface area contributed by atoms with Gasteiger partial charge in [-0.15, -0.1) is 0 Å². The van der Waals surface area contributed by atoms with E-state index < -0.39 is 0 Å². The lowest BCUT2D eigenvalue weighted by Crippen LogP contribution is -2.06. The Bertz CT molecular complexity index is 622. The summed E-state index contributed by atoms with van der Waals surface area (Å²) in [6.45, 7) is 5.81. The van der Waals surface area contributed by atoms with Crippen LogP contribution in [-0.2, 0) is 6.61 Å². The SMILES string of the molecule is CC(C)CCCOc1ccc2c(c1)OCc1cnccc1-2. The summed E-state index contributed by atoms with van der Waals surface area (Å²) < 4.78 is 11.6. The van der Waals surface area contributed by atoms with Gasteiger partial charge in [0.25, 0.3) is 0 Å². The van der Waals surface area contributed by atoms with Crippen LogP contribution in [0.4, 0.5) is 0 Å². The molecule has 1 aromatic carbocycles. The molecule has 0 fully saturated rings. The molecule has 0 atom stereocenters. The molecule has 2 aromatic rings. The van der Waals surface area contributed by atoms with E-state index in [1.807, 2.05) is 30.6 Å². The summed E-state index contributed by atoms with van der Waals surface area (Å²) in [7, 11) is 0. The minimum Gasteiger partial charge on any atom is -0.493 e. The lowest BCUT2D eigenvalue weighted by molar-refractivity contribution is 0.284. The van der Waals surface area contributed by atoms with Crippen molar-refractivity contribution >= 4 is 0 Å². The molecule has 3 heteroatoms. The van der Waals surface area contributed by atoms with Gasteiger partial charge in [0, 0.05) is 29.6 Å². The lowest BCUT2D eigenvalue weighted by Gasteiger charge is -2.21. The standard InChI is InChI=1S/C18H21NO2/c1-13(2)4-3-9-20-15-5-6-17-16-7-8-19-11-14(16)12-21-18(17)10-15/h5-8,10-11,13H,3-4,9,12H2,1-2H3. The largest absolute Gasteiger partial charge is 0.493 e. The topological polar surface area (TPSA) is 31.4 Å². The zero-order valence-electron chi connectivity index (χ0n) is 12.6. The van der Waals surface area contributed by atoms with Crippen LogP contribution in [0.3, 0.4) is 0 Å². The number of fused-ring (bicyclic) bond motifs is 3. The molecule has 0 N–H and O–H groups in total. The maximum atomic E-state index is 5.82. The Balaban J connectivity index is 1.72. The van der Waals surface area contributed by atoms with Gasteiger partial charge in [-0.05, 0) is 42.5 Å². The normalized spacial score (nSPS) is 12.5. The average molecular weight is 283 g/mol. The van der Waals surface area contributed by atoms with Crippen LogP contribution in [0.2, 0.25) is 0 Å². The highest BCUT2D eigenvalue weighted by Gasteiger charge is 2.17. The molecule has 0 saturated heterocycles. The van der Waals surface area contributed by atoms with Gasteiger partial charge in [-0.1, -0.05) is 13.8 Å². The first kappa shape index (κ1) is 13.9. The second-order valence-corrected chi connectivity index (χ2v) is 5.86. The monoisotopic (exact) mass is 283 g/mol. The number of hydrogen-bond donors (Lipinski definition) is 0. The Labute approximate surface area is 125 Å². The molecule has 1 aliphatic heterocycles. The zero-order valence-corrected chi connectivity index (χ0v) is 12.6. The number of pyridine rings is 1. The number of ether oxygens (including phenoxy) is 2. The average Bonchev–Trinajstić information content (AvgIpc) is 2.51. The Morgan fingerprint density at radius 2 is 2.14 bits per heavy atom. The van der Waals surface area contributed by atoms with Crippen LogP contribution in [-0.4, -0.2) is 11.6 Å². The highest BCUT2D eigenvalue weighted by molar-refractivity contribution is 5.75. The van der Waals surface area contributed by atoms with Crippen molar-refractivity contribution in [3.63, 3.8) is 0 Å². The molecule has 1 aromatic heterocycles. The number of aromatic nitrogens is 1. The first-order chi connectivity index (χ1) is 10.2. The van der Waals surface area contributed by atoms with Gasteiger partial charge >= 0.3 is 0 Å². The van der Waals surface area contributed by atoms with Crippen molar-refractivity contribution in [2.24, 2.45) is 5.92 Å². The second kappa shape index (κ2) is 6.17. The van der Waals surface area contributed by atoms with Gasteiger partial charge in [-0.25, -0.2) is 0 Å². The Kier molecular flexibility index (Phi) is 4.09. The van der Waals surface area contributed by atoms with Crippen molar-refractivity contribution in [1.29, 1.82) is 0 Å². The molecule has 0 bridgehead atoms. The van der Waals surface area contributed by atoms with Crippen LogP contribution in [0.15, 0.2) is 36.7 Å². The van der Waals surface area contributed by atoms with E-state index in [-0.39, 0.29) is 0 Å². The highest BCUT2D eigenvalue weighted by Crippen LogP contribution is 2.39. The zero-order chi connectivity index (χ0) is 14.7. The Hall–Kier alpha value is -2.03. The van der Waals surface area contributed by atoms with Crippen LogP contribution in [0, 0.1) is 5.92 Å². The van der Waals surface area contributed by atoms with E-state index >= 15 is 0 Å². The van der Waals surface area contributed by atoms with Gasteiger partial charge in [0.1, 0.15) is 18.1 Å². The van der Waals surface area contributed by atoms with Gasteiger partial charge in [0.2, 0.25) is 0 Å². The Morgan fingerprint density at radius 1 is 1.24 bits per heavy atom. The smallest absolute Gasteiger partial charge is 0.131 e. The van der Waals surface area contributed by atoms with Crippen molar-refractivity contribution in [2.45, 2.75) is 33.3 Å². The van der Waals surface area contributed by atoms with Crippen molar-refractivity contribution < 1.29 is 9.47 Å². The lowest BCUT2D eigenvalue weighted by atomic mass is 9.99. The first-order valence-corrected chi connectivity index (χ1v) is 7.57. The molecule has 21 heavy (non-hydrogen) atoms. The predicted octanol–water partition coefficient (Wildman–Crippen LogP) is 4.46. The fourth-order valence-electron chi connectivity index (χ4n) is 2.58. The second-order valence-electron chi connectivity index (χ2n) is 5.86. The maximum absolute atomic E-state index is 5.82. The summed E-state index contributed by atoms with van der Waals surface area (Å²) in [6.07, 6.45) is 5.98. The molecule has 0 saturated carbocycles. The van der Waals surface area contributed by atoms with Gasteiger partial charge in [-0.3, -0.25) is 4.98 Å². The van der Waals surface area contributed by atoms with Crippen LogP contribution in [0.25, 0.3) is 11.1 Å². The third kappa shape index (κ3) is 3.18. The van der Waals surface area contributed by atoms with E-state index in [2.05, 4.69) is 24.9 Å². The third-order valence-corrected chi connectivity index (χ3v) is 3.72. The van der Waals surface area contributed by atoms with E-state index in [9.17, 15) is 0 Å². The summed E-state index contributed by atoms with van der Waals surface area (Å²) in [5.41, 5.74) is 3.46. The maximum Gasteiger partial charge on any atom is 0.131 e. The van der Waals surface area contributed by atoms with Crippen molar-refractivity contribution in [3.8, 4) is 22.6 Å². The molecule has 0 radical (unpaired) electrons. The van der Waals surface area contributed by atoms with Crippen LogP contribution in [0.5, 0.6) is 11.5 Å². The van der Waals surface area contributed by atoms with E-state index in [1.165, 1.54) is 12.0 Å². The number of nitrogens with zero attached hydrogens (tertiary/aromatic N) is 1. The third-order valence-electron chi connectivity index (χ3n) is 3.72. The van der Waals surface area contributed by atoms with E-state index in [0.717, 1.165) is 41.6 Å². The highest BCUT2D eigenvalue weighted by atomic mass is 16.5. The molecule has 110 valence electrons. The number of rotatable bonds is 5. The summed E-state index contributed by atoms with van der Waals surface area (Å²) in [4.78, 5) is 4.15. The molecular weight excluding hydrogens is 262 g/mol. The minimum atomic E-state index is 0.576. The molecule has 0 unspecified atom stereocenters. The van der Waals surface area contributed by atoms with Crippen molar-refractivity contribution in [1.82, 2.24) is 4.98 Å². The van der Waals surface area contributed by atoms with Gasteiger partial charge in [-0.2, -0.15) is 0 Å². The first-order valence-electron chi connectivity index (χ1n) is 7.57.